The molecule has 1 heterocycles. The molecule has 0 aliphatic carbocycles. The van der Waals surface area contributed by atoms with Gasteiger partial charge >= 0.3 is 0 Å². The van der Waals surface area contributed by atoms with Crippen molar-refractivity contribution in [1.82, 2.24) is 5.32 Å². The van der Waals surface area contributed by atoms with Crippen molar-refractivity contribution < 1.29 is 9.47 Å². The van der Waals surface area contributed by atoms with Crippen LogP contribution in [0.5, 0.6) is 0 Å². The summed E-state index contributed by atoms with van der Waals surface area (Å²) in [5.41, 5.74) is 0. The molecule has 0 spiro atoms. The standard InChI is InChI=1S/C8H14NO2/c1-3-7(9-2)4-8-5-10-6-11-8/h5,7,9H,1,3-4,6H2,2H3. The van der Waals surface area contributed by atoms with Crippen LogP contribution < -0.4 is 5.32 Å². The maximum absolute atomic E-state index is 5.16. The molecule has 1 aliphatic heterocycles. The lowest BCUT2D eigenvalue weighted by Crippen LogP contribution is -2.24. The highest BCUT2D eigenvalue weighted by molar-refractivity contribution is 4.94. The van der Waals surface area contributed by atoms with Gasteiger partial charge in [0.2, 0.25) is 6.79 Å². The summed E-state index contributed by atoms with van der Waals surface area (Å²) in [6.07, 6.45) is 3.39. The quantitative estimate of drug-likeness (QED) is 0.659. The first-order valence-electron chi connectivity index (χ1n) is 3.76. The molecule has 1 rings (SSSR count). The summed E-state index contributed by atoms with van der Waals surface area (Å²) in [5.74, 6) is 0.910. The van der Waals surface area contributed by atoms with E-state index in [0.29, 0.717) is 12.8 Å². The molecular formula is C8H14NO2. The summed E-state index contributed by atoms with van der Waals surface area (Å²) in [6.45, 7) is 4.18. The molecule has 0 amide bonds. The van der Waals surface area contributed by atoms with Gasteiger partial charge in [-0.15, -0.1) is 0 Å². The van der Waals surface area contributed by atoms with Gasteiger partial charge in [0.25, 0.3) is 0 Å². The van der Waals surface area contributed by atoms with Crippen molar-refractivity contribution in [1.29, 1.82) is 0 Å². The second-order valence-electron chi connectivity index (χ2n) is 2.49. The van der Waals surface area contributed by atoms with E-state index in [2.05, 4.69) is 12.2 Å². The van der Waals surface area contributed by atoms with E-state index in [1.807, 2.05) is 7.05 Å². The molecule has 3 nitrogen and oxygen atoms in total. The first-order chi connectivity index (χ1) is 5.36. The van der Waals surface area contributed by atoms with E-state index < -0.39 is 0 Å². The third-order valence-corrected chi connectivity index (χ3v) is 1.73. The average Bonchev–Trinajstić information content (AvgIpc) is 2.52. The van der Waals surface area contributed by atoms with Crippen molar-refractivity contribution in [2.24, 2.45) is 0 Å². The lowest BCUT2D eigenvalue weighted by molar-refractivity contribution is 0.0765. The smallest absolute Gasteiger partial charge is 0.229 e. The number of rotatable bonds is 4. The van der Waals surface area contributed by atoms with Crippen LogP contribution in [0.2, 0.25) is 0 Å². The number of hydrogen-bond donors (Lipinski definition) is 1. The van der Waals surface area contributed by atoms with Gasteiger partial charge in [-0.05, 0) is 13.5 Å². The molecule has 0 aromatic heterocycles. The molecule has 63 valence electrons. The molecule has 11 heavy (non-hydrogen) atoms. The van der Waals surface area contributed by atoms with Gasteiger partial charge in [0.1, 0.15) is 12.0 Å². The zero-order valence-corrected chi connectivity index (χ0v) is 6.80. The van der Waals surface area contributed by atoms with Gasteiger partial charge in [-0.2, -0.15) is 0 Å². The fourth-order valence-corrected chi connectivity index (χ4v) is 0.969. The normalized spacial score (nSPS) is 18.5. The summed E-state index contributed by atoms with van der Waals surface area (Å²) in [5, 5.41) is 3.14. The van der Waals surface area contributed by atoms with Crippen LogP contribution >= 0.6 is 0 Å². The molecule has 0 aromatic rings. The van der Waals surface area contributed by atoms with Crippen LogP contribution in [0.4, 0.5) is 0 Å². The van der Waals surface area contributed by atoms with Gasteiger partial charge in [-0.25, -0.2) is 0 Å². The minimum absolute atomic E-state index is 0.364. The molecular weight excluding hydrogens is 142 g/mol. The predicted molar refractivity (Wildman–Crippen MR) is 42.6 cm³/mol. The van der Waals surface area contributed by atoms with Crippen molar-refractivity contribution in [3.8, 4) is 0 Å². The first-order valence-corrected chi connectivity index (χ1v) is 3.76. The molecule has 0 bridgehead atoms. The molecule has 3 heteroatoms. The van der Waals surface area contributed by atoms with Crippen molar-refractivity contribution in [2.45, 2.75) is 18.9 Å². The van der Waals surface area contributed by atoms with E-state index in [1.54, 1.807) is 6.26 Å². The molecule has 1 radical (unpaired) electrons. The van der Waals surface area contributed by atoms with Gasteiger partial charge in [0.15, 0.2) is 0 Å². The van der Waals surface area contributed by atoms with E-state index in [0.717, 1.165) is 18.6 Å². The third-order valence-electron chi connectivity index (χ3n) is 1.73. The summed E-state index contributed by atoms with van der Waals surface area (Å²) >= 11 is 0. The second-order valence-corrected chi connectivity index (χ2v) is 2.49. The van der Waals surface area contributed by atoms with Crippen LogP contribution in [0, 0.1) is 6.92 Å². The molecule has 0 aromatic carbocycles. The van der Waals surface area contributed by atoms with Crippen LogP contribution in [-0.2, 0) is 9.47 Å². The predicted octanol–water partition coefficient (Wildman–Crippen LogP) is 1.03. The third kappa shape index (κ3) is 2.42. The minimum atomic E-state index is 0.364. The molecule has 1 atom stereocenters. The van der Waals surface area contributed by atoms with Crippen LogP contribution in [0.25, 0.3) is 0 Å². The van der Waals surface area contributed by atoms with Crippen LogP contribution in [-0.4, -0.2) is 19.9 Å². The van der Waals surface area contributed by atoms with Crippen LogP contribution in [0.3, 0.4) is 0 Å². The van der Waals surface area contributed by atoms with E-state index in [9.17, 15) is 0 Å². The summed E-state index contributed by atoms with van der Waals surface area (Å²) in [6, 6.07) is 0.392. The van der Waals surface area contributed by atoms with E-state index >= 15 is 0 Å². The monoisotopic (exact) mass is 156 g/mol. The average molecular weight is 156 g/mol. The summed E-state index contributed by atoms with van der Waals surface area (Å²) in [7, 11) is 1.92. The Bertz CT molecular complexity index is 141. The number of hydrogen-bond acceptors (Lipinski definition) is 3. The largest absolute Gasteiger partial charge is 0.462 e. The Kier molecular flexibility index (Phi) is 3.23. The van der Waals surface area contributed by atoms with E-state index in [4.69, 9.17) is 9.47 Å². The lowest BCUT2D eigenvalue weighted by Gasteiger charge is -2.12. The second kappa shape index (κ2) is 4.23. The highest BCUT2D eigenvalue weighted by Crippen LogP contribution is 2.13. The number of nitrogens with one attached hydrogen (secondary N) is 1. The minimum Gasteiger partial charge on any atom is -0.462 e. The Morgan fingerprint density at radius 1 is 1.82 bits per heavy atom. The molecule has 1 N–H and O–H groups in total. The topological polar surface area (TPSA) is 30.5 Å². The first kappa shape index (κ1) is 8.40. The fourth-order valence-electron chi connectivity index (χ4n) is 0.969. The molecule has 0 saturated carbocycles. The van der Waals surface area contributed by atoms with Crippen LogP contribution in [0.1, 0.15) is 12.8 Å². The summed E-state index contributed by atoms with van der Waals surface area (Å²) in [4.78, 5) is 0. The highest BCUT2D eigenvalue weighted by Gasteiger charge is 2.11. The molecule has 1 unspecified atom stereocenters. The van der Waals surface area contributed by atoms with Crippen molar-refractivity contribution in [3.05, 3.63) is 18.9 Å². The Labute approximate surface area is 67.4 Å². The SMILES string of the molecule is [CH2]CC(CC1=COCO1)NC. The Balaban J connectivity index is 2.27. The van der Waals surface area contributed by atoms with E-state index in [-0.39, 0.29) is 0 Å². The van der Waals surface area contributed by atoms with Crippen LogP contribution in [0.15, 0.2) is 12.0 Å². The Morgan fingerprint density at radius 3 is 3.09 bits per heavy atom. The number of ether oxygens (including phenoxy) is 2. The maximum Gasteiger partial charge on any atom is 0.229 e. The molecule has 1 aliphatic rings. The Morgan fingerprint density at radius 2 is 2.64 bits per heavy atom. The van der Waals surface area contributed by atoms with Gasteiger partial charge in [-0.3, -0.25) is 0 Å². The summed E-state index contributed by atoms with van der Waals surface area (Å²) < 4.78 is 10.1. The van der Waals surface area contributed by atoms with Crippen molar-refractivity contribution >= 4 is 0 Å². The maximum atomic E-state index is 5.16. The fraction of sp³-hybridized carbons (Fsp3) is 0.625. The van der Waals surface area contributed by atoms with Crippen molar-refractivity contribution in [3.63, 3.8) is 0 Å². The van der Waals surface area contributed by atoms with E-state index in [1.165, 1.54) is 0 Å². The van der Waals surface area contributed by atoms with Gasteiger partial charge < -0.3 is 14.8 Å². The lowest BCUT2D eigenvalue weighted by atomic mass is 10.1. The Hall–Kier alpha value is -0.700. The zero-order valence-electron chi connectivity index (χ0n) is 6.80. The molecule has 0 saturated heterocycles. The van der Waals surface area contributed by atoms with Gasteiger partial charge in [0, 0.05) is 12.5 Å². The van der Waals surface area contributed by atoms with Gasteiger partial charge in [-0.1, -0.05) is 6.92 Å². The van der Waals surface area contributed by atoms with Gasteiger partial charge in [0.05, 0.1) is 0 Å². The molecule has 0 fully saturated rings. The van der Waals surface area contributed by atoms with Crippen molar-refractivity contribution in [2.75, 3.05) is 13.8 Å². The highest BCUT2D eigenvalue weighted by atomic mass is 16.7. The zero-order chi connectivity index (χ0) is 8.10.